The minimum absolute atomic E-state index is 0.0113. The number of rotatable bonds is 3. The Labute approximate surface area is 257 Å². The molecule has 1 N–H and O–H groups in total. The normalized spacial score (nSPS) is 20.8. The summed E-state index contributed by atoms with van der Waals surface area (Å²) in [6.07, 6.45) is -4.44. The molecule has 0 saturated carbocycles. The second-order valence-corrected chi connectivity index (χ2v) is 12.7. The van der Waals surface area contributed by atoms with Gasteiger partial charge in [0.05, 0.1) is 33.6 Å². The highest BCUT2D eigenvalue weighted by Crippen LogP contribution is 2.48. The van der Waals surface area contributed by atoms with Crippen LogP contribution in [-0.4, -0.2) is 54.8 Å². The van der Waals surface area contributed by atoms with Gasteiger partial charge in [-0.05, 0) is 81.1 Å². The Bertz CT molecular complexity index is 1670. The molecule has 0 unspecified atom stereocenters. The third-order valence-corrected chi connectivity index (χ3v) is 7.97. The molecular formula is C27H29BrClF3N6O5. The van der Waals surface area contributed by atoms with Crippen molar-refractivity contribution in [2.75, 3.05) is 18.4 Å². The van der Waals surface area contributed by atoms with Gasteiger partial charge in [-0.2, -0.15) is 22.7 Å². The van der Waals surface area contributed by atoms with Crippen molar-refractivity contribution < 1.29 is 32.2 Å². The molecule has 0 bridgehead atoms. The Morgan fingerprint density at radius 1 is 1.23 bits per heavy atom. The fourth-order valence-corrected chi connectivity index (χ4v) is 6.16. The second kappa shape index (κ2) is 11.1. The number of carbonyl (C=O) groups excluding carboxylic acids is 2. The number of likely N-dealkylation sites (tertiary alicyclic amines) is 1. The number of hydrogen-bond acceptors (Lipinski definition) is 7. The van der Waals surface area contributed by atoms with E-state index in [1.807, 2.05) is 0 Å². The Hall–Kier alpha value is -3.17. The van der Waals surface area contributed by atoms with Gasteiger partial charge in [-0.15, -0.1) is 5.10 Å². The van der Waals surface area contributed by atoms with Gasteiger partial charge in [-0.1, -0.05) is 11.6 Å². The summed E-state index contributed by atoms with van der Waals surface area (Å²) in [5, 5.41) is 6.45. The molecule has 16 heteroatoms. The first-order chi connectivity index (χ1) is 20.0. The van der Waals surface area contributed by atoms with Gasteiger partial charge in [-0.25, -0.2) is 4.79 Å². The number of nitrogens with one attached hydrogen (secondary N) is 1. The monoisotopic (exact) mass is 688 g/mol. The van der Waals surface area contributed by atoms with Gasteiger partial charge in [0.15, 0.2) is 0 Å². The van der Waals surface area contributed by atoms with Crippen molar-refractivity contribution in [3.05, 3.63) is 55.1 Å². The number of nitrogens with zero attached hydrogens (tertiary/aromatic N) is 5. The Morgan fingerprint density at radius 3 is 2.60 bits per heavy atom. The topological polar surface area (TPSA) is 120 Å². The molecule has 11 nitrogen and oxygen atoms in total. The summed E-state index contributed by atoms with van der Waals surface area (Å²) in [6, 6.07) is 2.62. The SMILES string of the molecule is C[C@@H]1O[C@]2(CCCN(C(=O)OC(C)(C)C)CC2)c2c1n(CC(=O)Nc1ccc(C(F)(F)F)cc1Cl)c1nc(Br)nn1c2=O. The van der Waals surface area contributed by atoms with Crippen LogP contribution in [0.5, 0.6) is 0 Å². The molecule has 2 atom stereocenters. The number of carbonyl (C=O) groups is 2. The van der Waals surface area contributed by atoms with Crippen LogP contribution >= 0.6 is 27.5 Å². The van der Waals surface area contributed by atoms with Crippen molar-refractivity contribution in [1.29, 1.82) is 0 Å². The van der Waals surface area contributed by atoms with Gasteiger partial charge in [0.25, 0.3) is 5.56 Å². The summed E-state index contributed by atoms with van der Waals surface area (Å²) in [5.41, 5.74) is -2.41. The predicted molar refractivity (Wildman–Crippen MR) is 153 cm³/mol. The number of anilines is 1. The van der Waals surface area contributed by atoms with E-state index in [0.29, 0.717) is 37.1 Å². The second-order valence-electron chi connectivity index (χ2n) is 11.6. The molecule has 2 aliphatic heterocycles. The smallest absolute Gasteiger partial charge is 0.416 e. The van der Waals surface area contributed by atoms with E-state index in [4.69, 9.17) is 21.1 Å². The highest BCUT2D eigenvalue weighted by atomic mass is 79.9. The van der Waals surface area contributed by atoms with E-state index in [2.05, 4.69) is 31.3 Å². The van der Waals surface area contributed by atoms with Gasteiger partial charge in [-0.3, -0.25) is 9.59 Å². The van der Waals surface area contributed by atoms with E-state index in [9.17, 15) is 27.6 Å². The first kappa shape index (κ1) is 31.3. The number of amides is 2. The number of fused-ring (bicyclic) bond motifs is 3. The average Bonchev–Trinajstić information content (AvgIpc) is 3.32. The van der Waals surface area contributed by atoms with E-state index in [1.165, 1.54) is 4.57 Å². The Balaban J connectivity index is 1.50. The van der Waals surface area contributed by atoms with Crippen LogP contribution < -0.4 is 10.9 Å². The molecular weight excluding hydrogens is 661 g/mol. The maximum atomic E-state index is 13.9. The number of aromatic nitrogens is 4. The third-order valence-electron chi connectivity index (χ3n) is 7.32. The third kappa shape index (κ3) is 6.11. The zero-order valence-electron chi connectivity index (χ0n) is 23.7. The fraction of sp³-hybridized carbons (Fsp3) is 0.519. The lowest BCUT2D eigenvalue weighted by molar-refractivity contribution is -0.137. The summed E-state index contributed by atoms with van der Waals surface area (Å²) >= 11 is 9.25. The van der Waals surface area contributed by atoms with E-state index in [0.717, 1.165) is 22.7 Å². The molecule has 0 radical (unpaired) electrons. The summed E-state index contributed by atoms with van der Waals surface area (Å²) < 4.78 is 53.9. The maximum absolute atomic E-state index is 13.9. The molecule has 2 amide bonds. The zero-order chi connectivity index (χ0) is 31.5. The van der Waals surface area contributed by atoms with Crippen LogP contribution in [0.3, 0.4) is 0 Å². The lowest BCUT2D eigenvalue weighted by atomic mass is 9.87. The van der Waals surface area contributed by atoms with Crippen molar-refractivity contribution in [2.24, 2.45) is 0 Å². The van der Waals surface area contributed by atoms with Gasteiger partial charge >= 0.3 is 12.3 Å². The number of halogens is 5. The molecule has 2 aliphatic rings. The zero-order valence-corrected chi connectivity index (χ0v) is 26.1. The maximum Gasteiger partial charge on any atom is 0.416 e. The molecule has 1 fully saturated rings. The van der Waals surface area contributed by atoms with Crippen LogP contribution in [0, 0.1) is 0 Å². The molecule has 3 aromatic rings. The summed E-state index contributed by atoms with van der Waals surface area (Å²) in [6.45, 7) is 7.42. The van der Waals surface area contributed by atoms with E-state index < -0.39 is 46.6 Å². The molecule has 0 aliphatic carbocycles. The lowest BCUT2D eigenvalue weighted by Gasteiger charge is -2.29. The van der Waals surface area contributed by atoms with Crippen LogP contribution in [0.2, 0.25) is 5.02 Å². The fourth-order valence-electron chi connectivity index (χ4n) is 5.62. The predicted octanol–water partition coefficient (Wildman–Crippen LogP) is 5.67. The van der Waals surface area contributed by atoms with Gasteiger partial charge in [0.1, 0.15) is 17.7 Å². The summed E-state index contributed by atoms with van der Waals surface area (Å²) in [7, 11) is 0. The first-order valence-electron chi connectivity index (χ1n) is 13.5. The van der Waals surface area contributed by atoms with Crippen LogP contribution in [0.1, 0.15) is 69.9 Å². The number of benzene rings is 1. The van der Waals surface area contributed by atoms with Crippen LogP contribution in [0.4, 0.5) is 23.7 Å². The average molecular weight is 690 g/mol. The van der Waals surface area contributed by atoms with Crippen molar-refractivity contribution in [3.8, 4) is 0 Å². The highest BCUT2D eigenvalue weighted by Gasteiger charge is 2.49. The standard InChI is InChI=1S/C27H29BrClF3N6O5/c1-14-20-19(26(42-14)8-5-10-36(11-9-26)24(41)43-25(2,3)4)21(40)38-23(34-22(28)35-38)37(20)13-18(39)33-17-7-6-15(12-16(17)29)27(30,31)32/h6-7,12,14H,5,8-11,13H2,1-4H3,(H,33,39)/t14-,26-/m0/s1. The summed E-state index contributed by atoms with van der Waals surface area (Å²) in [4.78, 5) is 45.8. The van der Waals surface area contributed by atoms with E-state index in [1.54, 1.807) is 32.6 Å². The Kier molecular flexibility index (Phi) is 8.05. The minimum atomic E-state index is -4.59. The van der Waals surface area contributed by atoms with Crippen LogP contribution in [-0.2, 0) is 32.6 Å². The summed E-state index contributed by atoms with van der Waals surface area (Å²) in [5.74, 6) is -0.556. The molecule has 2 aromatic heterocycles. The highest BCUT2D eigenvalue weighted by molar-refractivity contribution is 9.10. The molecule has 1 saturated heterocycles. The van der Waals surface area contributed by atoms with Crippen molar-refractivity contribution in [2.45, 2.75) is 77.0 Å². The van der Waals surface area contributed by atoms with Gasteiger partial charge in [0.2, 0.25) is 16.4 Å². The van der Waals surface area contributed by atoms with Crippen molar-refractivity contribution >= 4 is 51.0 Å². The van der Waals surface area contributed by atoms with Crippen LogP contribution in [0.15, 0.2) is 27.7 Å². The lowest BCUT2D eigenvalue weighted by Crippen LogP contribution is -2.39. The quantitative estimate of drug-likeness (QED) is 0.376. The van der Waals surface area contributed by atoms with Gasteiger partial charge < -0.3 is 24.3 Å². The van der Waals surface area contributed by atoms with Crippen molar-refractivity contribution in [3.63, 3.8) is 0 Å². The van der Waals surface area contributed by atoms with E-state index >= 15 is 0 Å². The molecule has 43 heavy (non-hydrogen) atoms. The number of ether oxygens (including phenoxy) is 2. The molecule has 1 aromatic carbocycles. The number of hydrogen-bond donors (Lipinski definition) is 1. The van der Waals surface area contributed by atoms with Crippen molar-refractivity contribution in [1.82, 2.24) is 24.1 Å². The molecule has 232 valence electrons. The molecule has 5 rings (SSSR count). The number of alkyl halides is 3. The minimum Gasteiger partial charge on any atom is -0.444 e. The van der Waals surface area contributed by atoms with Crippen LogP contribution in [0.25, 0.3) is 5.78 Å². The van der Waals surface area contributed by atoms with Gasteiger partial charge in [0, 0.05) is 13.1 Å². The first-order valence-corrected chi connectivity index (χ1v) is 14.7. The van der Waals surface area contributed by atoms with E-state index in [-0.39, 0.29) is 34.3 Å². The molecule has 1 spiro atoms. The Morgan fingerprint density at radius 2 is 1.95 bits per heavy atom. The molecule has 4 heterocycles. The largest absolute Gasteiger partial charge is 0.444 e.